The SMILES string of the molecule is COc1ccc(-c2cc(C(=O)NCc3c(C)cc(C)[nH]c3=O)c3cnn(C(C)C)c3n2)cc1. The minimum absolute atomic E-state index is 0.0748. The highest BCUT2D eigenvalue weighted by atomic mass is 16.5. The Kier molecular flexibility index (Phi) is 6.00. The number of aryl methyl sites for hydroxylation is 2. The molecule has 4 rings (SSSR count). The molecule has 0 unspecified atom stereocenters. The summed E-state index contributed by atoms with van der Waals surface area (Å²) in [5.74, 6) is 0.448. The van der Waals surface area contributed by atoms with Crippen molar-refractivity contribution in [2.75, 3.05) is 7.11 Å². The lowest BCUT2D eigenvalue weighted by Gasteiger charge is -2.12. The molecule has 0 fully saturated rings. The van der Waals surface area contributed by atoms with E-state index in [0.717, 1.165) is 22.6 Å². The Balaban J connectivity index is 1.75. The first-order chi connectivity index (χ1) is 15.8. The highest BCUT2D eigenvalue weighted by molar-refractivity contribution is 6.06. The Bertz CT molecular complexity index is 1380. The van der Waals surface area contributed by atoms with E-state index in [9.17, 15) is 9.59 Å². The molecule has 0 atom stereocenters. The highest BCUT2D eigenvalue weighted by Crippen LogP contribution is 2.27. The Morgan fingerprint density at radius 3 is 2.55 bits per heavy atom. The number of carbonyl (C=O) groups is 1. The van der Waals surface area contributed by atoms with Gasteiger partial charge in [0, 0.05) is 29.4 Å². The van der Waals surface area contributed by atoms with E-state index in [4.69, 9.17) is 9.72 Å². The molecular weight excluding hydrogens is 418 g/mol. The number of aromatic nitrogens is 4. The molecule has 0 bridgehead atoms. The van der Waals surface area contributed by atoms with Gasteiger partial charge in [-0.1, -0.05) is 0 Å². The first kappa shape index (κ1) is 22.3. The maximum atomic E-state index is 13.3. The molecule has 0 saturated carbocycles. The second kappa shape index (κ2) is 8.90. The number of rotatable bonds is 6. The van der Waals surface area contributed by atoms with Crippen molar-refractivity contribution in [3.8, 4) is 17.0 Å². The lowest BCUT2D eigenvalue weighted by molar-refractivity contribution is 0.0952. The van der Waals surface area contributed by atoms with Crippen LogP contribution in [-0.2, 0) is 6.54 Å². The molecule has 3 aromatic heterocycles. The van der Waals surface area contributed by atoms with Crippen LogP contribution in [0, 0.1) is 13.8 Å². The molecule has 8 heteroatoms. The number of fused-ring (bicyclic) bond motifs is 1. The molecular formula is C25H27N5O3. The van der Waals surface area contributed by atoms with Gasteiger partial charge in [0.05, 0.1) is 30.0 Å². The van der Waals surface area contributed by atoms with Crippen LogP contribution in [0.4, 0.5) is 0 Å². The van der Waals surface area contributed by atoms with Crippen molar-refractivity contribution in [2.45, 2.75) is 40.3 Å². The van der Waals surface area contributed by atoms with Crippen LogP contribution in [0.2, 0.25) is 0 Å². The number of ether oxygens (including phenoxy) is 1. The summed E-state index contributed by atoms with van der Waals surface area (Å²) in [6.45, 7) is 7.85. The molecule has 170 valence electrons. The van der Waals surface area contributed by atoms with Crippen LogP contribution in [0.3, 0.4) is 0 Å². The molecule has 0 saturated heterocycles. The fourth-order valence-corrected chi connectivity index (χ4v) is 3.86. The molecule has 0 radical (unpaired) electrons. The van der Waals surface area contributed by atoms with Crippen LogP contribution in [0.5, 0.6) is 5.75 Å². The van der Waals surface area contributed by atoms with Crippen LogP contribution in [-0.4, -0.2) is 32.8 Å². The minimum Gasteiger partial charge on any atom is -0.497 e. The van der Waals surface area contributed by atoms with Crippen LogP contribution in [0.25, 0.3) is 22.3 Å². The summed E-state index contributed by atoms with van der Waals surface area (Å²) in [5.41, 5.74) is 4.56. The van der Waals surface area contributed by atoms with Crippen molar-refractivity contribution in [1.82, 2.24) is 25.1 Å². The van der Waals surface area contributed by atoms with Gasteiger partial charge in [-0.05, 0) is 69.7 Å². The number of nitrogens with one attached hydrogen (secondary N) is 2. The summed E-state index contributed by atoms with van der Waals surface area (Å²) < 4.78 is 7.05. The summed E-state index contributed by atoms with van der Waals surface area (Å²) in [4.78, 5) is 33.2. The van der Waals surface area contributed by atoms with Gasteiger partial charge in [0.2, 0.25) is 0 Å². The number of nitrogens with zero attached hydrogens (tertiary/aromatic N) is 3. The zero-order valence-corrected chi connectivity index (χ0v) is 19.4. The Labute approximate surface area is 191 Å². The van der Waals surface area contributed by atoms with E-state index in [2.05, 4.69) is 15.4 Å². The van der Waals surface area contributed by atoms with Crippen molar-refractivity contribution in [2.24, 2.45) is 0 Å². The zero-order chi connectivity index (χ0) is 23.7. The number of pyridine rings is 2. The highest BCUT2D eigenvalue weighted by Gasteiger charge is 2.19. The van der Waals surface area contributed by atoms with Crippen molar-refractivity contribution in [1.29, 1.82) is 0 Å². The Hall–Kier alpha value is -3.94. The maximum Gasteiger partial charge on any atom is 0.253 e. The summed E-state index contributed by atoms with van der Waals surface area (Å²) in [6, 6.07) is 11.2. The number of hydrogen-bond acceptors (Lipinski definition) is 5. The van der Waals surface area contributed by atoms with Crippen molar-refractivity contribution in [3.63, 3.8) is 0 Å². The first-order valence-electron chi connectivity index (χ1n) is 10.8. The third-order valence-corrected chi connectivity index (χ3v) is 5.61. The molecule has 0 aliphatic heterocycles. The van der Waals surface area contributed by atoms with E-state index in [1.807, 2.05) is 58.0 Å². The van der Waals surface area contributed by atoms with Gasteiger partial charge in [-0.2, -0.15) is 5.10 Å². The molecule has 1 amide bonds. The topological polar surface area (TPSA) is 102 Å². The second-order valence-corrected chi connectivity index (χ2v) is 8.33. The predicted molar refractivity (Wildman–Crippen MR) is 128 cm³/mol. The maximum absolute atomic E-state index is 13.3. The normalized spacial score (nSPS) is 11.2. The van der Waals surface area contributed by atoms with Gasteiger partial charge in [0.15, 0.2) is 5.65 Å². The number of H-pyrrole nitrogens is 1. The molecule has 0 spiro atoms. The average molecular weight is 446 g/mol. The van der Waals surface area contributed by atoms with Gasteiger partial charge in [0.25, 0.3) is 11.5 Å². The molecule has 3 heterocycles. The zero-order valence-electron chi connectivity index (χ0n) is 19.4. The molecule has 1 aromatic carbocycles. The minimum atomic E-state index is -0.292. The average Bonchev–Trinajstić information content (AvgIpc) is 3.22. The van der Waals surface area contributed by atoms with Crippen LogP contribution in [0.1, 0.15) is 47.1 Å². The van der Waals surface area contributed by atoms with Crippen molar-refractivity contribution in [3.05, 3.63) is 75.3 Å². The smallest absolute Gasteiger partial charge is 0.253 e. The van der Waals surface area contributed by atoms with Gasteiger partial charge in [-0.15, -0.1) is 0 Å². The van der Waals surface area contributed by atoms with Crippen LogP contribution >= 0.6 is 0 Å². The van der Waals surface area contributed by atoms with Crippen LogP contribution in [0.15, 0.2) is 47.4 Å². The fraction of sp³-hybridized carbons (Fsp3) is 0.280. The summed E-state index contributed by atoms with van der Waals surface area (Å²) in [5, 5.41) is 8.02. The fourth-order valence-electron chi connectivity index (χ4n) is 3.86. The van der Waals surface area contributed by atoms with Crippen molar-refractivity contribution >= 4 is 16.9 Å². The molecule has 8 nitrogen and oxygen atoms in total. The molecule has 4 aromatic rings. The Morgan fingerprint density at radius 2 is 1.91 bits per heavy atom. The molecule has 0 aliphatic rings. The van der Waals surface area contributed by atoms with E-state index in [1.54, 1.807) is 24.1 Å². The third kappa shape index (κ3) is 4.37. The van der Waals surface area contributed by atoms with E-state index >= 15 is 0 Å². The number of amides is 1. The van der Waals surface area contributed by atoms with Crippen molar-refractivity contribution < 1.29 is 9.53 Å². The number of benzene rings is 1. The summed E-state index contributed by atoms with van der Waals surface area (Å²) in [6.07, 6.45) is 1.67. The standard InChI is InChI=1S/C25H27N5O3/c1-14(2)30-23-21(13-27-30)19(11-22(29-23)17-6-8-18(33-5)9-7-17)24(31)26-12-20-15(3)10-16(4)28-25(20)32/h6-11,13-14H,12H2,1-5H3,(H,26,31)(H,28,32). The lowest BCUT2D eigenvalue weighted by atomic mass is 10.1. The largest absolute Gasteiger partial charge is 0.497 e. The number of aromatic amines is 1. The molecule has 0 aliphatic carbocycles. The summed E-state index contributed by atoms with van der Waals surface area (Å²) in [7, 11) is 1.61. The van der Waals surface area contributed by atoms with E-state index in [-0.39, 0.29) is 24.1 Å². The third-order valence-electron chi connectivity index (χ3n) is 5.61. The van der Waals surface area contributed by atoms with Gasteiger partial charge in [0.1, 0.15) is 5.75 Å². The van der Waals surface area contributed by atoms with E-state index in [1.165, 1.54) is 0 Å². The molecule has 2 N–H and O–H groups in total. The Morgan fingerprint density at radius 1 is 1.18 bits per heavy atom. The summed E-state index contributed by atoms with van der Waals surface area (Å²) >= 11 is 0. The first-order valence-corrected chi connectivity index (χ1v) is 10.8. The predicted octanol–water partition coefficient (Wildman–Crippen LogP) is 3.92. The van der Waals surface area contributed by atoms with E-state index < -0.39 is 0 Å². The lowest BCUT2D eigenvalue weighted by Crippen LogP contribution is -2.28. The van der Waals surface area contributed by atoms with Crippen LogP contribution < -0.4 is 15.6 Å². The quantitative estimate of drug-likeness (QED) is 0.468. The van der Waals surface area contributed by atoms with E-state index in [0.29, 0.717) is 27.9 Å². The number of carbonyl (C=O) groups excluding carboxylic acids is 1. The van der Waals surface area contributed by atoms with Gasteiger partial charge in [-0.3, -0.25) is 9.59 Å². The monoisotopic (exact) mass is 445 g/mol. The van der Waals surface area contributed by atoms with Gasteiger partial charge < -0.3 is 15.0 Å². The van der Waals surface area contributed by atoms with Gasteiger partial charge >= 0.3 is 0 Å². The van der Waals surface area contributed by atoms with Gasteiger partial charge in [-0.25, -0.2) is 9.67 Å². The molecule has 33 heavy (non-hydrogen) atoms. The second-order valence-electron chi connectivity index (χ2n) is 8.33. The number of hydrogen-bond donors (Lipinski definition) is 2. The number of methoxy groups -OCH3 is 1.